The van der Waals surface area contributed by atoms with Crippen LogP contribution in [0.15, 0.2) is 54.9 Å². The van der Waals surface area contributed by atoms with E-state index in [1.807, 2.05) is 55.5 Å². The summed E-state index contributed by atoms with van der Waals surface area (Å²) in [5.41, 5.74) is 2.89. The molecular formula is C18H17ClN4O. The highest BCUT2D eigenvalue weighted by molar-refractivity contribution is 6.30. The summed E-state index contributed by atoms with van der Waals surface area (Å²) in [6.45, 7) is 2.03. The molecule has 122 valence electrons. The molecule has 1 aromatic heterocycles. The van der Waals surface area contributed by atoms with Gasteiger partial charge in [-0.15, -0.1) is 0 Å². The number of halogens is 1. The van der Waals surface area contributed by atoms with Crippen LogP contribution in [0.4, 0.5) is 23.0 Å². The lowest BCUT2D eigenvalue weighted by Crippen LogP contribution is -2.00. The highest BCUT2D eigenvalue weighted by Crippen LogP contribution is 2.28. The molecule has 3 rings (SSSR count). The second kappa shape index (κ2) is 7.19. The summed E-state index contributed by atoms with van der Waals surface area (Å²) in [5, 5.41) is 7.17. The van der Waals surface area contributed by atoms with Crippen LogP contribution in [0.25, 0.3) is 0 Å². The van der Waals surface area contributed by atoms with E-state index >= 15 is 0 Å². The first kappa shape index (κ1) is 16.1. The van der Waals surface area contributed by atoms with Gasteiger partial charge in [0, 0.05) is 16.8 Å². The molecule has 2 aromatic carbocycles. The molecule has 24 heavy (non-hydrogen) atoms. The fourth-order valence-corrected chi connectivity index (χ4v) is 2.36. The van der Waals surface area contributed by atoms with Crippen LogP contribution in [0, 0.1) is 6.92 Å². The van der Waals surface area contributed by atoms with Gasteiger partial charge in [-0.2, -0.15) is 0 Å². The third-order valence-electron chi connectivity index (χ3n) is 3.40. The Morgan fingerprint density at radius 1 is 0.917 bits per heavy atom. The zero-order valence-electron chi connectivity index (χ0n) is 13.4. The van der Waals surface area contributed by atoms with E-state index in [0.29, 0.717) is 16.7 Å². The van der Waals surface area contributed by atoms with E-state index in [0.717, 1.165) is 22.7 Å². The Morgan fingerprint density at radius 2 is 1.62 bits per heavy atom. The highest BCUT2D eigenvalue weighted by Gasteiger charge is 2.06. The Bertz CT molecular complexity index is 837. The van der Waals surface area contributed by atoms with Crippen molar-refractivity contribution < 1.29 is 4.74 Å². The van der Waals surface area contributed by atoms with E-state index in [1.165, 1.54) is 6.33 Å². The molecule has 0 aliphatic rings. The van der Waals surface area contributed by atoms with E-state index in [4.69, 9.17) is 16.3 Å². The molecule has 2 N–H and O–H groups in total. The number of nitrogens with one attached hydrogen (secondary N) is 2. The molecule has 0 radical (unpaired) electrons. The maximum atomic E-state index is 5.90. The van der Waals surface area contributed by atoms with Crippen LogP contribution in [0.1, 0.15) is 5.56 Å². The van der Waals surface area contributed by atoms with Crippen molar-refractivity contribution in [2.24, 2.45) is 0 Å². The van der Waals surface area contributed by atoms with Crippen molar-refractivity contribution in [1.82, 2.24) is 9.97 Å². The van der Waals surface area contributed by atoms with Gasteiger partial charge in [0.25, 0.3) is 0 Å². The average molecular weight is 341 g/mol. The zero-order valence-corrected chi connectivity index (χ0v) is 14.1. The van der Waals surface area contributed by atoms with Gasteiger partial charge >= 0.3 is 0 Å². The van der Waals surface area contributed by atoms with Crippen LogP contribution in [-0.2, 0) is 0 Å². The number of hydrogen-bond donors (Lipinski definition) is 2. The first-order valence-corrected chi connectivity index (χ1v) is 7.78. The fourth-order valence-electron chi connectivity index (χ4n) is 2.23. The predicted octanol–water partition coefficient (Wildman–Crippen LogP) is 4.93. The summed E-state index contributed by atoms with van der Waals surface area (Å²) >= 11 is 5.90. The number of anilines is 4. The molecule has 0 saturated carbocycles. The van der Waals surface area contributed by atoms with Crippen LogP contribution in [-0.4, -0.2) is 17.1 Å². The third-order valence-corrected chi connectivity index (χ3v) is 3.65. The Labute approximate surface area is 145 Å². The lowest BCUT2D eigenvalue weighted by molar-refractivity contribution is 0.416. The van der Waals surface area contributed by atoms with Crippen molar-refractivity contribution in [2.45, 2.75) is 6.92 Å². The molecule has 0 atom stereocenters. The Hall–Kier alpha value is -2.79. The summed E-state index contributed by atoms with van der Waals surface area (Å²) in [5.74, 6) is 2.11. The van der Waals surface area contributed by atoms with E-state index in [-0.39, 0.29) is 0 Å². The fraction of sp³-hybridized carbons (Fsp3) is 0.111. The number of aryl methyl sites for hydroxylation is 1. The number of methoxy groups -OCH3 is 1. The van der Waals surface area contributed by atoms with Crippen molar-refractivity contribution in [3.05, 3.63) is 65.4 Å². The number of ether oxygens (including phenoxy) is 1. The standard InChI is InChI=1S/C18H17ClN4O/c1-12-3-8-16(24-2)15(9-12)23-18-10-17(20-11-21-18)22-14-6-4-13(19)5-7-14/h3-11H,1-2H3,(H2,20,21,22,23). The molecule has 3 aromatic rings. The van der Waals surface area contributed by atoms with E-state index in [9.17, 15) is 0 Å². The van der Waals surface area contributed by atoms with Crippen LogP contribution < -0.4 is 15.4 Å². The smallest absolute Gasteiger partial charge is 0.142 e. The normalized spacial score (nSPS) is 10.3. The average Bonchev–Trinajstić information content (AvgIpc) is 2.58. The Kier molecular flexibility index (Phi) is 4.82. The number of nitrogens with zero attached hydrogens (tertiary/aromatic N) is 2. The van der Waals surface area contributed by atoms with Gasteiger partial charge in [0.2, 0.25) is 0 Å². The number of rotatable bonds is 5. The molecule has 5 nitrogen and oxygen atoms in total. The molecule has 1 heterocycles. The van der Waals surface area contributed by atoms with Gasteiger partial charge in [-0.05, 0) is 48.9 Å². The van der Waals surface area contributed by atoms with Crippen molar-refractivity contribution in [1.29, 1.82) is 0 Å². The lowest BCUT2D eigenvalue weighted by Gasteiger charge is -2.12. The van der Waals surface area contributed by atoms with Crippen molar-refractivity contribution in [3.8, 4) is 5.75 Å². The quantitative estimate of drug-likeness (QED) is 0.689. The number of aromatic nitrogens is 2. The van der Waals surface area contributed by atoms with Crippen molar-refractivity contribution in [3.63, 3.8) is 0 Å². The minimum absolute atomic E-state index is 0.672. The first-order valence-electron chi connectivity index (χ1n) is 7.40. The topological polar surface area (TPSA) is 59.1 Å². The molecule has 0 fully saturated rings. The van der Waals surface area contributed by atoms with Gasteiger partial charge < -0.3 is 15.4 Å². The van der Waals surface area contributed by atoms with Gasteiger partial charge in [-0.3, -0.25) is 0 Å². The minimum Gasteiger partial charge on any atom is -0.495 e. The molecule has 0 aliphatic heterocycles. The summed E-state index contributed by atoms with van der Waals surface area (Å²) < 4.78 is 5.38. The summed E-state index contributed by atoms with van der Waals surface area (Å²) in [6.07, 6.45) is 1.50. The van der Waals surface area contributed by atoms with Crippen LogP contribution in [0.2, 0.25) is 5.02 Å². The summed E-state index contributed by atoms with van der Waals surface area (Å²) in [4.78, 5) is 8.49. The van der Waals surface area contributed by atoms with Crippen LogP contribution in [0.5, 0.6) is 5.75 Å². The van der Waals surface area contributed by atoms with Crippen LogP contribution in [0.3, 0.4) is 0 Å². The van der Waals surface area contributed by atoms with E-state index < -0.39 is 0 Å². The summed E-state index contributed by atoms with van der Waals surface area (Å²) in [7, 11) is 1.64. The monoisotopic (exact) mass is 340 g/mol. The molecule has 0 unspecified atom stereocenters. The zero-order chi connectivity index (χ0) is 16.9. The SMILES string of the molecule is COc1ccc(C)cc1Nc1cc(Nc2ccc(Cl)cc2)ncn1. The molecule has 0 amide bonds. The lowest BCUT2D eigenvalue weighted by atomic mass is 10.2. The predicted molar refractivity (Wildman–Crippen MR) is 97.8 cm³/mol. The molecule has 0 aliphatic carbocycles. The van der Waals surface area contributed by atoms with Crippen LogP contribution >= 0.6 is 11.6 Å². The maximum Gasteiger partial charge on any atom is 0.142 e. The minimum atomic E-state index is 0.672. The van der Waals surface area contributed by atoms with Gasteiger partial charge in [0.15, 0.2) is 0 Å². The van der Waals surface area contributed by atoms with E-state index in [1.54, 1.807) is 7.11 Å². The number of benzene rings is 2. The van der Waals surface area contributed by atoms with Gasteiger partial charge in [0.05, 0.1) is 12.8 Å². The number of hydrogen-bond acceptors (Lipinski definition) is 5. The molecule has 6 heteroatoms. The molecule has 0 bridgehead atoms. The second-order valence-corrected chi connectivity index (χ2v) is 5.69. The largest absolute Gasteiger partial charge is 0.495 e. The first-order chi connectivity index (χ1) is 11.6. The van der Waals surface area contributed by atoms with Gasteiger partial charge in [-0.25, -0.2) is 9.97 Å². The summed E-state index contributed by atoms with van der Waals surface area (Å²) in [6, 6.07) is 15.2. The van der Waals surface area contributed by atoms with Crippen molar-refractivity contribution in [2.75, 3.05) is 17.7 Å². The third kappa shape index (κ3) is 3.94. The molecule has 0 spiro atoms. The van der Waals surface area contributed by atoms with Gasteiger partial charge in [0.1, 0.15) is 23.7 Å². The Balaban J connectivity index is 1.80. The highest BCUT2D eigenvalue weighted by atomic mass is 35.5. The van der Waals surface area contributed by atoms with Gasteiger partial charge in [-0.1, -0.05) is 17.7 Å². The Morgan fingerprint density at radius 3 is 2.33 bits per heavy atom. The molecule has 0 saturated heterocycles. The van der Waals surface area contributed by atoms with E-state index in [2.05, 4.69) is 20.6 Å². The molecular weight excluding hydrogens is 324 g/mol. The maximum absolute atomic E-state index is 5.90. The second-order valence-electron chi connectivity index (χ2n) is 5.25. The van der Waals surface area contributed by atoms with Crippen molar-refractivity contribution >= 4 is 34.6 Å².